The number of halogens is 4. The van der Waals surface area contributed by atoms with E-state index >= 15 is 0 Å². The second-order valence-corrected chi connectivity index (χ2v) is 5.50. The normalized spacial score (nSPS) is 13.4. The zero-order valence-corrected chi connectivity index (χ0v) is 12.8. The highest BCUT2D eigenvalue weighted by atomic mass is 79.9. The topological polar surface area (TPSA) is 56.7 Å². The van der Waals surface area contributed by atoms with Gasteiger partial charge in [-0.3, -0.25) is 0 Å². The maximum atomic E-state index is 12.9. The molecule has 21 heavy (non-hydrogen) atoms. The van der Waals surface area contributed by atoms with Crippen LogP contribution in [0.25, 0.3) is 5.69 Å². The highest BCUT2D eigenvalue weighted by Crippen LogP contribution is 2.35. The Kier molecular flexibility index (Phi) is 4.67. The van der Waals surface area contributed by atoms with E-state index in [0.29, 0.717) is 5.69 Å². The number of aromatic nitrogens is 3. The molecule has 1 unspecified atom stereocenters. The van der Waals surface area contributed by atoms with Crippen LogP contribution in [0.5, 0.6) is 0 Å². The summed E-state index contributed by atoms with van der Waals surface area (Å²) in [6.45, 7) is 1.99. The molecular formula is C13H14BrF3N4. The van der Waals surface area contributed by atoms with E-state index in [9.17, 15) is 13.2 Å². The summed E-state index contributed by atoms with van der Waals surface area (Å²) in [5.41, 5.74) is 6.01. The van der Waals surface area contributed by atoms with Gasteiger partial charge >= 0.3 is 6.18 Å². The standard InChI is InChI=1S/C13H14BrF3N4/c1-2-3-11(18)12-7-21(20-19-12)8-4-5-10(14)9(6-8)13(15,16)17/h4-7,11H,2-3,18H2,1H3. The molecule has 2 N–H and O–H groups in total. The average Bonchev–Trinajstić information content (AvgIpc) is 2.88. The van der Waals surface area contributed by atoms with E-state index in [2.05, 4.69) is 26.2 Å². The van der Waals surface area contributed by atoms with E-state index in [-0.39, 0.29) is 16.2 Å². The van der Waals surface area contributed by atoms with Gasteiger partial charge in [0.15, 0.2) is 0 Å². The second kappa shape index (κ2) is 6.15. The van der Waals surface area contributed by atoms with Gasteiger partial charge in [0, 0.05) is 4.47 Å². The summed E-state index contributed by atoms with van der Waals surface area (Å²) in [6.07, 6.45) is -1.24. The minimum atomic E-state index is -4.43. The fourth-order valence-electron chi connectivity index (χ4n) is 1.90. The van der Waals surface area contributed by atoms with Crippen molar-refractivity contribution < 1.29 is 13.2 Å². The minimum absolute atomic E-state index is 0.0122. The van der Waals surface area contributed by atoms with Gasteiger partial charge in [-0.05, 0) is 24.6 Å². The third-order valence-corrected chi connectivity index (χ3v) is 3.70. The zero-order chi connectivity index (χ0) is 15.6. The van der Waals surface area contributed by atoms with E-state index in [1.165, 1.54) is 16.8 Å². The SMILES string of the molecule is CCCC(N)c1cn(-c2ccc(Br)c(C(F)(F)F)c2)nn1. The highest BCUT2D eigenvalue weighted by molar-refractivity contribution is 9.10. The van der Waals surface area contributed by atoms with Crippen LogP contribution in [0, 0.1) is 0 Å². The lowest BCUT2D eigenvalue weighted by Gasteiger charge is -2.10. The van der Waals surface area contributed by atoms with Gasteiger partial charge in [0.1, 0.15) is 0 Å². The first kappa shape index (κ1) is 16.0. The van der Waals surface area contributed by atoms with Crippen LogP contribution in [0.2, 0.25) is 0 Å². The molecule has 0 bridgehead atoms. The van der Waals surface area contributed by atoms with Crippen LogP contribution in [0.15, 0.2) is 28.9 Å². The Balaban J connectivity index is 2.35. The van der Waals surface area contributed by atoms with Gasteiger partial charge < -0.3 is 5.73 Å². The predicted molar refractivity (Wildman–Crippen MR) is 75.9 cm³/mol. The van der Waals surface area contributed by atoms with Crippen molar-refractivity contribution in [3.8, 4) is 5.69 Å². The average molecular weight is 363 g/mol. The first-order valence-corrected chi connectivity index (χ1v) is 7.17. The number of rotatable bonds is 4. The highest BCUT2D eigenvalue weighted by Gasteiger charge is 2.33. The molecule has 0 radical (unpaired) electrons. The summed E-state index contributed by atoms with van der Waals surface area (Å²) < 4.78 is 39.9. The summed E-state index contributed by atoms with van der Waals surface area (Å²) in [6, 6.07) is 3.63. The van der Waals surface area contributed by atoms with Crippen molar-refractivity contribution in [1.29, 1.82) is 0 Å². The Hall–Kier alpha value is -1.41. The molecule has 1 heterocycles. The van der Waals surface area contributed by atoms with Crippen molar-refractivity contribution in [3.05, 3.63) is 40.1 Å². The molecule has 2 aromatic rings. The van der Waals surface area contributed by atoms with Crippen molar-refractivity contribution in [1.82, 2.24) is 15.0 Å². The zero-order valence-electron chi connectivity index (χ0n) is 11.2. The second-order valence-electron chi connectivity index (χ2n) is 4.65. The largest absolute Gasteiger partial charge is 0.417 e. The van der Waals surface area contributed by atoms with Crippen LogP contribution in [0.3, 0.4) is 0 Å². The van der Waals surface area contributed by atoms with Gasteiger partial charge in [-0.1, -0.05) is 34.5 Å². The molecule has 1 atom stereocenters. The summed E-state index contributed by atoms with van der Waals surface area (Å²) in [5.74, 6) is 0. The molecule has 0 spiro atoms. The van der Waals surface area contributed by atoms with E-state index in [1.807, 2.05) is 6.92 Å². The summed E-state index contributed by atoms with van der Waals surface area (Å²) in [4.78, 5) is 0. The number of nitrogens with zero attached hydrogens (tertiary/aromatic N) is 3. The lowest BCUT2D eigenvalue weighted by Crippen LogP contribution is -2.10. The Morgan fingerprint density at radius 1 is 1.38 bits per heavy atom. The maximum Gasteiger partial charge on any atom is 0.417 e. The Labute approximate surface area is 128 Å². The molecule has 1 aromatic heterocycles. The maximum absolute atomic E-state index is 12.9. The summed E-state index contributed by atoms with van der Waals surface area (Å²) >= 11 is 2.90. The van der Waals surface area contributed by atoms with Crippen LogP contribution in [0.1, 0.15) is 37.1 Å². The molecule has 2 rings (SSSR count). The van der Waals surface area contributed by atoms with Gasteiger partial charge in [0.2, 0.25) is 0 Å². The number of hydrogen-bond donors (Lipinski definition) is 1. The number of alkyl halides is 3. The quantitative estimate of drug-likeness (QED) is 0.898. The molecule has 0 fully saturated rings. The molecule has 114 valence electrons. The molecule has 0 aliphatic rings. The van der Waals surface area contributed by atoms with Crippen molar-refractivity contribution in [3.63, 3.8) is 0 Å². The first-order valence-electron chi connectivity index (χ1n) is 6.38. The molecule has 4 nitrogen and oxygen atoms in total. The van der Waals surface area contributed by atoms with Crippen molar-refractivity contribution in [2.45, 2.75) is 32.0 Å². The fourth-order valence-corrected chi connectivity index (χ4v) is 2.38. The van der Waals surface area contributed by atoms with E-state index in [1.54, 1.807) is 6.20 Å². The third kappa shape index (κ3) is 3.62. The Morgan fingerprint density at radius 3 is 2.71 bits per heavy atom. The van der Waals surface area contributed by atoms with Crippen molar-refractivity contribution in [2.24, 2.45) is 5.73 Å². The third-order valence-electron chi connectivity index (χ3n) is 3.01. The number of benzene rings is 1. The molecule has 0 aliphatic heterocycles. The summed E-state index contributed by atoms with van der Waals surface area (Å²) in [7, 11) is 0. The Morgan fingerprint density at radius 2 is 2.10 bits per heavy atom. The van der Waals surface area contributed by atoms with Gasteiger partial charge in [-0.2, -0.15) is 13.2 Å². The van der Waals surface area contributed by atoms with Crippen LogP contribution in [0.4, 0.5) is 13.2 Å². The Bertz CT molecular complexity index is 624. The van der Waals surface area contributed by atoms with E-state index < -0.39 is 11.7 Å². The molecule has 1 aromatic carbocycles. The van der Waals surface area contributed by atoms with Crippen LogP contribution < -0.4 is 5.73 Å². The predicted octanol–water partition coefficient (Wildman–Crippen LogP) is 3.85. The van der Waals surface area contributed by atoms with Crippen LogP contribution in [-0.2, 0) is 6.18 Å². The van der Waals surface area contributed by atoms with E-state index in [0.717, 1.165) is 18.9 Å². The monoisotopic (exact) mass is 362 g/mol. The van der Waals surface area contributed by atoms with Crippen LogP contribution in [-0.4, -0.2) is 15.0 Å². The first-order chi connectivity index (χ1) is 9.82. The van der Waals surface area contributed by atoms with Gasteiger partial charge in [-0.25, -0.2) is 4.68 Å². The van der Waals surface area contributed by atoms with Gasteiger partial charge in [0.05, 0.1) is 29.2 Å². The molecule has 0 saturated carbocycles. The molecule has 0 aliphatic carbocycles. The fraction of sp³-hybridized carbons (Fsp3) is 0.385. The minimum Gasteiger partial charge on any atom is -0.323 e. The van der Waals surface area contributed by atoms with Gasteiger partial charge in [-0.15, -0.1) is 5.10 Å². The van der Waals surface area contributed by atoms with Crippen LogP contribution >= 0.6 is 15.9 Å². The lowest BCUT2D eigenvalue weighted by atomic mass is 10.1. The van der Waals surface area contributed by atoms with Crippen molar-refractivity contribution in [2.75, 3.05) is 0 Å². The molecule has 0 saturated heterocycles. The molecule has 8 heteroatoms. The molecular weight excluding hydrogens is 349 g/mol. The summed E-state index contributed by atoms with van der Waals surface area (Å²) in [5, 5.41) is 7.77. The smallest absolute Gasteiger partial charge is 0.323 e. The van der Waals surface area contributed by atoms with Gasteiger partial charge in [0.25, 0.3) is 0 Å². The number of nitrogens with two attached hydrogens (primary N) is 1. The number of hydrogen-bond acceptors (Lipinski definition) is 3. The van der Waals surface area contributed by atoms with Crippen molar-refractivity contribution >= 4 is 15.9 Å². The molecule has 0 amide bonds. The van der Waals surface area contributed by atoms with E-state index in [4.69, 9.17) is 5.73 Å². The lowest BCUT2D eigenvalue weighted by molar-refractivity contribution is -0.138.